The van der Waals surface area contributed by atoms with Gasteiger partial charge in [-0.3, -0.25) is 4.79 Å². The highest BCUT2D eigenvalue weighted by atomic mass is 16.2. The predicted octanol–water partition coefficient (Wildman–Crippen LogP) is 2.32. The summed E-state index contributed by atoms with van der Waals surface area (Å²) >= 11 is 0. The summed E-state index contributed by atoms with van der Waals surface area (Å²) in [5, 5.41) is 4.29. The molecule has 3 heteroatoms. The number of hydrogen-bond acceptors (Lipinski definition) is 2. The van der Waals surface area contributed by atoms with E-state index >= 15 is 0 Å². The van der Waals surface area contributed by atoms with Crippen molar-refractivity contribution in [3.63, 3.8) is 0 Å². The molecule has 2 saturated carbocycles. The summed E-state index contributed by atoms with van der Waals surface area (Å²) in [6.45, 7) is 8.47. The average molecular weight is 208 g/mol. The summed E-state index contributed by atoms with van der Waals surface area (Å²) in [4.78, 5) is 10.9. The van der Waals surface area contributed by atoms with Crippen LogP contribution in [0.25, 0.3) is 0 Å². The molecule has 0 aromatic rings. The lowest BCUT2D eigenvalue weighted by Crippen LogP contribution is -2.34. The molecule has 0 unspecified atom stereocenters. The Morgan fingerprint density at radius 3 is 2.53 bits per heavy atom. The molecule has 3 nitrogen and oxygen atoms in total. The van der Waals surface area contributed by atoms with Gasteiger partial charge in [-0.15, -0.1) is 0 Å². The first-order valence-electron chi connectivity index (χ1n) is 5.71. The molecule has 0 spiro atoms. The van der Waals surface area contributed by atoms with Gasteiger partial charge >= 0.3 is 0 Å². The molecule has 15 heavy (non-hydrogen) atoms. The van der Waals surface area contributed by atoms with E-state index in [0.29, 0.717) is 5.41 Å². The minimum atomic E-state index is -0.0771. The second-order valence-corrected chi connectivity index (χ2v) is 5.72. The van der Waals surface area contributed by atoms with Gasteiger partial charge in [0.1, 0.15) is 0 Å². The molecule has 2 bridgehead atoms. The van der Waals surface area contributed by atoms with Crippen LogP contribution in [-0.4, -0.2) is 11.6 Å². The lowest BCUT2D eigenvalue weighted by molar-refractivity contribution is -0.118. The topological polar surface area (TPSA) is 41.5 Å². The number of amides is 1. The van der Waals surface area contributed by atoms with Crippen molar-refractivity contribution >= 4 is 11.6 Å². The summed E-state index contributed by atoms with van der Waals surface area (Å²) in [6, 6.07) is 0. The SMILES string of the molecule is CC(=O)N/N=C1/C[C@H]2CC[C@@]1(C)C2(C)C. The highest BCUT2D eigenvalue weighted by Crippen LogP contribution is 2.63. The van der Waals surface area contributed by atoms with Crippen molar-refractivity contribution in [2.24, 2.45) is 21.8 Å². The predicted molar refractivity (Wildman–Crippen MR) is 60.5 cm³/mol. The maximum absolute atomic E-state index is 10.9. The van der Waals surface area contributed by atoms with Crippen molar-refractivity contribution < 1.29 is 4.79 Å². The van der Waals surface area contributed by atoms with Crippen molar-refractivity contribution in [3.8, 4) is 0 Å². The van der Waals surface area contributed by atoms with E-state index in [1.54, 1.807) is 0 Å². The van der Waals surface area contributed by atoms with E-state index in [-0.39, 0.29) is 11.3 Å². The Kier molecular flexibility index (Phi) is 2.18. The van der Waals surface area contributed by atoms with Crippen LogP contribution in [0.1, 0.15) is 47.0 Å². The van der Waals surface area contributed by atoms with Crippen LogP contribution in [0.5, 0.6) is 0 Å². The van der Waals surface area contributed by atoms with Crippen molar-refractivity contribution in [3.05, 3.63) is 0 Å². The summed E-state index contributed by atoms with van der Waals surface area (Å²) < 4.78 is 0. The van der Waals surface area contributed by atoms with Crippen LogP contribution < -0.4 is 5.43 Å². The van der Waals surface area contributed by atoms with Crippen molar-refractivity contribution in [2.75, 3.05) is 0 Å². The van der Waals surface area contributed by atoms with Gasteiger partial charge in [0, 0.05) is 18.1 Å². The van der Waals surface area contributed by atoms with Gasteiger partial charge in [0.25, 0.3) is 0 Å². The molecule has 2 aliphatic rings. The van der Waals surface area contributed by atoms with Crippen molar-refractivity contribution in [1.29, 1.82) is 0 Å². The summed E-state index contributed by atoms with van der Waals surface area (Å²) in [6.07, 6.45) is 3.58. The first-order chi connectivity index (χ1) is 6.88. The Morgan fingerprint density at radius 2 is 2.13 bits per heavy atom. The van der Waals surface area contributed by atoms with Gasteiger partial charge < -0.3 is 0 Å². The Hall–Kier alpha value is -0.860. The minimum Gasteiger partial charge on any atom is -0.274 e. The Balaban J connectivity index is 2.26. The van der Waals surface area contributed by atoms with Crippen LogP contribution in [0, 0.1) is 16.7 Å². The third-order valence-corrected chi connectivity index (χ3v) is 4.86. The van der Waals surface area contributed by atoms with E-state index < -0.39 is 0 Å². The van der Waals surface area contributed by atoms with Gasteiger partial charge in [0.2, 0.25) is 5.91 Å². The van der Waals surface area contributed by atoms with E-state index in [2.05, 4.69) is 31.3 Å². The van der Waals surface area contributed by atoms with Gasteiger partial charge in [-0.2, -0.15) is 5.10 Å². The molecule has 0 radical (unpaired) electrons. The van der Waals surface area contributed by atoms with Crippen molar-refractivity contribution in [2.45, 2.75) is 47.0 Å². The Bertz CT molecular complexity index is 333. The first-order valence-corrected chi connectivity index (χ1v) is 5.71. The zero-order chi connectivity index (χ0) is 11.3. The number of carbonyl (C=O) groups is 1. The van der Waals surface area contributed by atoms with Gasteiger partial charge in [-0.1, -0.05) is 20.8 Å². The molecule has 1 amide bonds. The number of rotatable bonds is 1. The number of fused-ring (bicyclic) bond motifs is 2. The van der Waals surface area contributed by atoms with Crippen LogP contribution in [0.3, 0.4) is 0 Å². The van der Waals surface area contributed by atoms with Crippen LogP contribution in [0.15, 0.2) is 5.10 Å². The molecule has 2 fully saturated rings. The van der Waals surface area contributed by atoms with E-state index in [1.165, 1.54) is 25.5 Å². The molecular weight excluding hydrogens is 188 g/mol. The fourth-order valence-corrected chi connectivity index (χ4v) is 3.24. The second kappa shape index (κ2) is 3.06. The lowest BCUT2D eigenvalue weighted by Gasteiger charge is -2.34. The molecule has 2 aliphatic carbocycles. The average Bonchev–Trinajstić information content (AvgIpc) is 2.46. The smallest absolute Gasteiger partial charge is 0.236 e. The fraction of sp³-hybridized carbons (Fsp3) is 0.833. The van der Waals surface area contributed by atoms with Crippen molar-refractivity contribution in [1.82, 2.24) is 5.43 Å². The van der Waals surface area contributed by atoms with Gasteiger partial charge in [0.05, 0.1) is 0 Å². The molecule has 84 valence electrons. The van der Waals surface area contributed by atoms with E-state index in [4.69, 9.17) is 0 Å². The maximum atomic E-state index is 10.9. The molecule has 0 heterocycles. The van der Waals surface area contributed by atoms with Gasteiger partial charge in [0.15, 0.2) is 0 Å². The van der Waals surface area contributed by atoms with Gasteiger partial charge in [-0.05, 0) is 30.6 Å². The Morgan fingerprint density at radius 1 is 1.47 bits per heavy atom. The van der Waals surface area contributed by atoms with Gasteiger partial charge in [-0.25, -0.2) is 5.43 Å². The number of nitrogens with one attached hydrogen (secondary N) is 1. The lowest BCUT2D eigenvalue weighted by atomic mass is 9.70. The number of carbonyl (C=O) groups excluding carboxylic acids is 1. The fourth-order valence-electron chi connectivity index (χ4n) is 3.24. The number of hydrazone groups is 1. The molecule has 0 aliphatic heterocycles. The molecule has 2 rings (SSSR count). The van der Waals surface area contributed by atoms with Crippen LogP contribution in [-0.2, 0) is 4.79 Å². The third kappa shape index (κ3) is 1.32. The molecule has 2 atom stereocenters. The van der Waals surface area contributed by atoms with Crippen LogP contribution >= 0.6 is 0 Å². The van der Waals surface area contributed by atoms with Crippen LogP contribution in [0.2, 0.25) is 0 Å². The molecule has 0 aromatic carbocycles. The van der Waals surface area contributed by atoms with E-state index in [9.17, 15) is 4.79 Å². The minimum absolute atomic E-state index is 0.0771. The second-order valence-electron chi connectivity index (χ2n) is 5.72. The highest BCUT2D eigenvalue weighted by Gasteiger charge is 2.59. The standard InChI is InChI=1S/C12H20N2O/c1-8(15)13-14-10-7-9-5-6-12(10,4)11(9,2)3/h9H,5-7H2,1-4H3,(H,13,15)/b14-10-/t9-,12-/m1/s1. The zero-order valence-corrected chi connectivity index (χ0v) is 10.1. The molecule has 1 N–H and O–H groups in total. The summed E-state index contributed by atoms with van der Waals surface area (Å²) in [5.74, 6) is 0.668. The van der Waals surface area contributed by atoms with E-state index in [1.807, 2.05) is 0 Å². The monoisotopic (exact) mass is 208 g/mol. The summed E-state index contributed by atoms with van der Waals surface area (Å²) in [7, 11) is 0. The highest BCUT2D eigenvalue weighted by molar-refractivity contribution is 5.94. The molecule has 0 aromatic heterocycles. The van der Waals surface area contributed by atoms with E-state index in [0.717, 1.165) is 12.3 Å². The number of hydrogen-bond donors (Lipinski definition) is 1. The quantitative estimate of drug-likeness (QED) is 0.660. The molecule has 0 saturated heterocycles. The Labute approximate surface area is 91.3 Å². The largest absolute Gasteiger partial charge is 0.274 e. The molecular formula is C12H20N2O. The first kappa shape index (κ1) is 10.7. The van der Waals surface area contributed by atoms with Crippen LogP contribution in [0.4, 0.5) is 0 Å². The zero-order valence-electron chi connectivity index (χ0n) is 10.1. The normalized spacial score (nSPS) is 39.7. The third-order valence-electron chi connectivity index (χ3n) is 4.86. The number of nitrogens with zero attached hydrogens (tertiary/aromatic N) is 1. The maximum Gasteiger partial charge on any atom is 0.236 e. The summed E-state index contributed by atoms with van der Waals surface area (Å²) in [5.41, 5.74) is 4.31.